The van der Waals surface area contributed by atoms with Crippen molar-refractivity contribution >= 4 is 45.8 Å². The normalized spacial score (nSPS) is 17.4. The van der Waals surface area contributed by atoms with E-state index in [1.54, 1.807) is 4.90 Å². The fourth-order valence-corrected chi connectivity index (χ4v) is 4.12. The molecule has 1 aromatic carbocycles. The van der Waals surface area contributed by atoms with Gasteiger partial charge in [0.05, 0.1) is 5.25 Å². The van der Waals surface area contributed by atoms with Crippen molar-refractivity contribution in [2.75, 3.05) is 11.9 Å². The molecule has 1 N–H and O–H groups in total. The first kappa shape index (κ1) is 18.9. The molecule has 1 saturated heterocycles. The Kier molecular flexibility index (Phi) is 7.24. The van der Waals surface area contributed by atoms with Crippen LogP contribution in [0.3, 0.4) is 0 Å². The number of hydrogen-bond donors (Lipinski definition) is 1. The number of unbranched alkanes of at least 4 members (excludes halogenated alkanes) is 2. The summed E-state index contributed by atoms with van der Waals surface area (Å²) in [6, 6.07) is 7.89. The van der Waals surface area contributed by atoms with Gasteiger partial charge in [0.25, 0.3) is 0 Å². The van der Waals surface area contributed by atoms with Crippen LogP contribution < -0.4 is 5.32 Å². The summed E-state index contributed by atoms with van der Waals surface area (Å²) in [4.78, 5) is 25.6. The van der Waals surface area contributed by atoms with E-state index in [1.807, 2.05) is 31.2 Å². The minimum absolute atomic E-state index is 0.0489. The molecule has 1 aromatic rings. The van der Waals surface area contributed by atoms with Gasteiger partial charge in [0, 0.05) is 18.7 Å². The van der Waals surface area contributed by atoms with Crippen LogP contribution in [0, 0.1) is 0 Å². The third-order valence-corrected chi connectivity index (χ3v) is 5.56. The Labute approximate surface area is 153 Å². The van der Waals surface area contributed by atoms with Gasteiger partial charge in [-0.25, -0.2) is 0 Å². The first-order valence-electron chi connectivity index (χ1n) is 8.42. The lowest BCUT2D eigenvalue weighted by atomic mass is 10.1. The van der Waals surface area contributed by atoms with Crippen molar-refractivity contribution < 1.29 is 9.59 Å². The molecule has 0 aromatic heterocycles. The molecule has 1 aliphatic heterocycles. The van der Waals surface area contributed by atoms with Crippen LogP contribution in [0.5, 0.6) is 0 Å². The van der Waals surface area contributed by atoms with Crippen molar-refractivity contribution in [3.05, 3.63) is 29.8 Å². The largest absolute Gasteiger partial charge is 0.326 e. The van der Waals surface area contributed by atoms with Crippen LogP contribution in [-0.2, 0) is 16.0 Å². The molecule has 0 spiro atoms. The molecule has 130 valence electrons. The number of anilines is 1. The van der Waals surface area contributed by atoms with Crippen LogP contribution in [-0.4, -0.2) is 32.8 Å². The highest BCUT2D eigenvalue weighted by molar-refractivity contribution is 8.24. The maximum absolute atomic E-state index is 12.0. The summed E-state index contributed by atoms with van der Waals surface area (Å²) in [5.41, 5.74) is 2.06. The molecule has 1 fully saturated rings. The van der Waals surface area contributed by atoms with Gasteiger partial charge in [0.2, 0.25) is 11.8 Å². The van der Waals surface area contributed by atoms with Gasteiger partial charge in [-0.15, -0.1) is 0 Å². The molecule has 1 heterocycles. The standard InChI is InChI=1S/C18H24N2O2S2/c1-3-14-9-6-7-10-15(14)19-16(21)11-5-4-8-12-20-17(22)13(2)24-18(20)23/h6-7,9-10,13H,3-5,8,11-12H2,1-2H3,(H,19,21). The molecule has 0 radical (unpaired) electrons. The van der Waals surface area contributed by atoms with E-state index in [4.69, 9.17) is 12.2 Å². The first-order valence-corrected chi connectivity index (χ1v) is 9.71. The number of carbonyl (C=O) groups excluding carboxylic acids is 2. The number of thiocarbonyl (C=S) groups is 1. The predicted octanol–water partition coefficient (Wildman–Crippen LogP) is 4.00. The number of hydrogen-bond acceptors (Lipinski definition) is 4. The van der Waals surface area contributed by atoms with Crippen molar-refractivity contribution in [3.8, 4) is 0 Å². The number of thioether (sulfide) groups is 1. The third kappa shape index (κ3) is 5.05. The van der Waals surface area contributed by atoms with E-state index in [1.165, 1.54) is 11.8 Å². The Bertz CT molecular complexity index is 619. The summed E-state index contributed by atoms with van der Waals surface area (Å²) in [5.74, 6) is 0.159. The summed E-state index contributed by atoms with van der Waals surface area (Å²) in [5, 5.41) is 2.93. The molecular formula is C18H24N2O2S2. The second kappa shape index (κ2) is 9.18. The second-order valence-electron chi connectivity index (χ2n) is 5.89. The van der Waals surface area contributed by atoms with E-state index in [-0.39, 0.29) is 17.1 Å². The van der Waals surface area contributed by atoms with Gasteiger partial charge in [-0.1, -0.05) is 55.5 Å². The Morgan fingerprint density at radius 2 is 2.04 bits per heavy atom. The van der Waals surface area contributed by atoms with E-state index in [9.17, 15) is 9.59 Å². The smallest absolute Gasteiger partial charge is 0.241 e. The van der Waals surface area contributed by atoms with Crippen LogP contribution >= 0.6 is 24.0 Å². The molecule has 1 unspecified atom stereocenters. The molecule has 1 aliphatic rings. The minimum Gasteiger partial charge on any atom is -0.326 e. The van der Waals surface area contributed by atoms with E-state index < -0.39 is 0 Å². The lowest BCUT2D eigenvalue weighted by Crippen LogP contribution is -2.31. The molecule has 2 amide bonds. The molecule has 24 heavy (non-hydrogen) atoms. The van der Waals surface area contributed by atoms with Gasteiger partial charge in [0.1, 0.15) is 4.32 Å². The van der Waals surface area contributed by atoms with Gasteiger partial charge in [-0.3, -0.25) is 14.5 Å². The lowest BCUT2D eigenvalue weighted by Gasteiger charge is -2.14. The van der Waals surface area contributed by atoms with Crippen LogP contribution in [0.15, 0.2) is 24.3 Å². The molecule has 1 atom stereocenters. The second-order valence-corrected chi connectivity index (χ2v) is 7.86. The Morgan fingerprint density at radius 3 is 2.71 bits per heavy atom. The highest BCUT2D eigenvalue weighted by Crippen LogP contribution is 2.27. The average Bonchev–Trinajstić information content (AvgIpc) is 2.81. The summed E-state index contributed by atoms with van der Waals surface area (Å²) in [6.45, 7) is 4.63. The van der Waals surface area contributed by atoms with Crippen molar-refractivity contribution in [2.45, 2.75) is 51.2 Å². The number of nitrogens with zero attached hydrogens (tertiary/aromatic N) is 1. The number of aryl methyl sites for hydroxylation is 1. The highest BCUT2D eigenvalue weighted by atomic mass is 32.2. The van der Waals surface area contributed by atoms with Gasteiger partial charge in [-0.2, -0.15) is 0 Å². The van der Waals surface area contributed by atoms with Crippen molar-refractivity contribution in [2.24, 2.45) is 0 Å². The van der Waals surface area contributed by atoms with Gasteiger partial charge >= 0.3 is 0 Å². The van der Waals surface area contributed by atoms with E-state index in [2.05, 4.69) is 12.2 Å². The average molecular weight is 365 g/mol. The molecule has 0 saturated carbocycles. The molecular weight excluding hydrogens is 340 g/mol. The minimum atomic E-state index is -0.0538. The Balaban J connectivity index is 1.66. The topological polar surface area (TPSA) is 49.4 Å². The zero-order chi connectivity index (χ0) is 17.5. The molecule has 2 rings (SSSR count). The fourth-order valence-electron chi connectivity index (χ4n) is 2.67. The van der Waals surface area contributed by atoms with Crippen LogP contribution in [0.2, 0.25) is 0 Å². The van der Waals surface area contributed by atoms with E-state index in [0.717, 1.165) is 36.9 Å². The summed E-state index contributed by atoms with van der Waals surface area (Å²) in [6.07, 6.45) is 4.00. The van der Waals surface area contributed by atoms with Crippen LogP contribution in [0.25, 0.3) is 0 Å². The number of carbonyl (C=O) groups is 2. The van der Waals surface area contributed by atoms with Gasteiger partial charge < -0.3 is 5.32 Å². The van der Waals surface area contributed by atoms with Gasteiger partial charge in [-0.05, 0) is 37.8 Å². The fraction of sp³-hybridized carbons (Fsp3) is 0.500. The first-order chi connectivity index (χ1) is 11.5. The predicted molar refractivity (Wildman–Crippen MR) is 104 cm³/mol. The maximum Gasteiger partial charge on any atom is 0.241 e. The molecule has 0 aliphatic carbocycles. The van der Waals surface area contributed by atoms with Crippen molar-refractivity contribution in [1.82, 2.24) is 4.90 Å². The summed E-state index contributed by atoms with van der Waals surface area (Å²) >= 11 is 6.67. The van der Waals surface area contributed by atoms with Crippen molar-refractivity contribution in [1.29, 1.82) is 0 Å². The van der Waals surface area contributed by atoms with Gasteiger partial charge in [0.15, 0.2) is 0 Å². The van der Waals surface area contributed by atoms with E-state index in [0.29, 0.717) is 17.3 Å². The molecule has 6 heteroatoms. The maximum atomic E-state index is 12.0. The lowest BCUT2D eigenvalue weighted by molar-refractivity contribution is -0.125. The SMILES string of the molecule is CCc1ccccc1NC(=O)CCCCCN1C(=O)C(C)SC1=S. The number of rotatable bonds is 8. The number of amides is 2. The Hall–Kier alpha value is -1.40. The number of nitrogens with one attached hydrogen (secondary N) is 1. The third-order valence-electron chi connectivity index (χ3n) is 4.07. The number of para-hydroxylation sites is 1. The van der Waals surface area contributed by atoms with E-state index >= 15 is 0 Å². The summed E-state index contributed by atoms with van der Waals surface area (Å²) < 4.78 is 0.682. The zero-order valence-electron chi connectivity index (χ0n) is 14.2. The Morgan fingerprint density at radius 1 is 1.29 bits per heavy atom. The van der Waals surface area contributed by atoms with Crippen molar-refractivity contribution in [3.63, 3.8) is 0 Å². The zero-order valence-corrected chi connectivity index (χ0v) is 15.8. The molecule has 0 bridgehead atoms. The highest BCUT2D eigenvalue weighted by Gasteiger charge is 2.32. The number of benzene rings is 1. The van der Waals surface area contributed by atoms with Crippen LogP contribution in [0.4, 0.5) is 5.69 Å². The quantitative estimate of drug-likeness (QED) is 0.560. The summed E-state index contributed by atoms with van der Waals surface area (Å²) in [7, 11) is 0. The monoisotopic (exact) mass is 364 g/mol. The van der Waals surface area contributed by atoms with Crippen LogP contribution in [0.1, 0.15) is 45.1 Å². The molecule has 4 nitrogen and oxygen atoms in total.